The number of benzene rings is 1. The Morgan fingerprint density at radius 3 is 2.68 bits per heavy atom. The van der Waals surface area contributed by atoms with Crippen molar-refractivity contribution >= 4 is 11.8 Å². The Morgan fingerprint density at radius 2 is 2.05 bits per heavy atom. The average molecular weight is 275 g/mol. The predicted octanol–water partition coefficient (Wildman–Crippen LogP) is 3.26. The Labute approximate surface area is 119 Å². The lowest BCUT2D eigenvalue weighted by atomic mass is 10.2. The van der Waals surface area contributed by atoms with Crippen LogP contribution >= 0.6 is 11.8 Å². The van der Waals surface area contributed by atoms with Crippen LogP contribution in [0.2, 0.25) is 0 Å². The molecule has 0 fully saturated rings. The summed E-state index contributed by atoms with van der Waals surface area (Å²) < 4.78 is 2.19. The number of nitrogens with zero attached hydrogens (tertiary/aromatic N) is 2. The Kier molecular flexibility index (Phi) is 5.05. The number of hydrogen-bond acceptors (Lipinski definition) is 3. The van der Waals surface area contributed by atoms with Gasteiger partial charge in [0.25, 0.3) is 0 Å². The van der Waals surface area contributed by atoms with Crippen molar-refractivity contribution in [3.05, 3.63) is 48.0 Å². The van der Waals surface area contributed by atoms with Gasteiger partial charge in [0.15, 0.2) is 0 Å². The van der Waals surface area contributed by atoms with Crippen molar-refractivity contribution in [2.24, 2.45) is 0 Å². The predicted molar refractivity (Wildman–Crippen MR) is 81.6 cm³/mol. The van der Waals surface area contributed by atoms with Crippen LogP contribution in [0.5, 0.6) is 0 Å². The molecule has 102 valence electrons. The first-order chi connectivity index (χ1) is 9.24. The minimum atomic E-state index is 0.279. The van der Waals surface area contributed by atoms with E-state index in [4.69, 9.17) is 0 Å². The Hall–Kier alpha value is -1.26. The van der Waals surface area contributed by atoms with E-state index in [2.05, 4.69) is 53.0 Å². The summed E-state index contributed by atoms with van der Waals surface area (Å²) in [5.74, 6) is 2.10. The number of hydrogen-bond donors (Lipinski definition) is 1. The van der Waals surface area contributed by atoms with Crippen molar-refractivity contribution in [1.29, 1.82) is 0 Å². The van der Waals surface area contributed by atoms with Crippen LogP contribution in [0.25, 0.3) is 0 Å². The first-order valence-electron chi connectivity index (χ1n) is 6.62. The van der Waals surface area contributed by atoms with E-state index >= 15 is 0 Å². The molecule has 0 aliphatic heterocycles. The van der Waals surface area contributed by atoms with Crippen LogP contribution in [0.3, 0.4) is 0 Å². The standard InChI is InChI=1S/C15H21N3S/c1-4-18-10-9-17-15(18)14(16-3)11-19-13-7-5-12(2)6-8-13/h5-10,14,16H,4,11H2,1-3H3. The molecule has 4 heteroatoms. The fraction of sp³-hybridized carbons (Fsp3) is 0.400. The number of nitrogens with one attached hydrogen (secondary N) is 1. The van der Waals surface area contributed by atoms with Gasteiger partial charge in [-0.1, -0.05) is 17.7 Å². The lowest BCUT2D eigenvalue weighted by Gasteiger charge is -2.16. The Bertz CT molecular complexity index is 504. The molecular formula is C15H21N3S. The number of thioether (sulfide) groups is 1. The van der Waals surface area contributed by atoms with Crippen LogP contribution in [0, 0.1) is 6.92 Å². The molecule has 0 amide bonds. The molecule has 0 aliphatic carbocycles. The van der Waals surface area contributed by atoms with E-state index in [-0.39, 0.29) is 6.04 Å². The van der Waals surface area contributed by atoms with E-state index in [0.717, 1.165) is 18.1 Å². The molecule has 1 heterocycles. The second-order valence-corrected chi connectivity index (χ2v) is 5.63. The molecule has 1 atom stereocenters. The fourth-order valence-corrected chi connectivity index (χ4v) is 3.00. The molecule has 1 unspecified atom stereocenters. The van der Waals surface area contributed by atoms with Crippen LogP contribution in [0.15, 0.2) is 41.6 Å². The number of imidazole rings is 1. The van der Waals surface area contributed by atoms with Crippen LogP contribution in [0.1, 0.15) is 24.4 Å². The summed E-state index contributed by atoms with van der Waals surface area (Å²) in [6, 6.07) is 8.95. The van der Waals surface area contributed by atoms with Gasteiger partial charge in [-0.05, 0) is 33.0 Å². The maximum Gasteiger partial charge on any atom is 0.126 e. The second-order valence-electron chi connectivity index (χ2n) is 4.54. The lowest BCUT2D eigenvalue weighted by molar-refractivity contribution is 0.570. The van der Waals surface area contributed by atoms with Gasteiger partial charge in [0.05, 0.1) is 6.04 Å². The fourth-order valence-electron chi connectivity index (χ4n) is 2.00. The summed E-state index contributed by atoms with van der Waals surface area (Å²) >= 11 is 1.86. The number of rotatable bonds is 6. The maximum absolute atomic E-state index is 4.47. The highest BCUT2D eigenvalue weighted by molar-refractivity contribution is 7.99. The number of aromatic nitrogens is 2. The summed E-state index contributed by atoms with van der Waals surface area (Å²) in [6.45, 7) is 5.22. The zero-order chi connectivity index (χ0) is 13.7. The summed E-state index contributed by atoms with van der Waals surface area (Å²) in [5.41, 5.74) is 1.30. The maximum atomic E-state index is 4.47. The molecule has 2 aromatic rings. The third-order valence-electron chi connectivity index (χ3n) is 3.19. The molecule has 1 aromatic carbocycles. The van der Waals surface area contributed by atoms with Gasteiger partial charge in [-0.25, -0.2) is 4.98 Å². The van der Waals surface area contributed by atoms with Crippen molar-refractivity contribution in [3.8, 4) is 0 Å². The average Bonchev–Trinajstić information content (AvgIpc) is 2.90. The van der Waals surface area contributed by atoms with Gasteiger partial charge < -0.3 is 9.88 Å². The quantitative estimate of drug-likeness (QED) is 0.821. The van der Waals surface area contributed by atoms with E-state index in [0.29, 0.717) is 0 Å². The van der Waals surface area contributed by atoms with E-state index in [1.807, 2.05) is 31.2 Å². The van der Waals surface area contributed by atoms with E-state index in [1.165, 1.54) is 10.5 Å². The van der Waals surface area contributed by atoms with E-state index in [9.17, 15) is 0 Å². The van der Waals surface area contributed by atoms with E-state index < -0.39 is 0 Å². The third kappa shape index (κ3) is 3.61. The van der Waals surface area contributed by atoms with E-state index in [1.54, 1.807) is 0 Å². The molecular weight excluding hydrogens is 254 g/mol. The SMILES string of the molecule is CCn1ccnc1C(CSc1ccc(C)cc1)NC. The molecule has 1 aromatic heterocycles. The van der Waals surface area contributed by atoms with Crippen molar-refractivity contribution in [1.82, 2.24) is 14.9 Å². The van der Waals surface area contributed by atoms with Crippen molar-refractivity contribution in [2.45, 2.75) is 31.3 Å². The van der Waals surface area contributed by atoms with Crippen molar-refractivity contribution < 1.29 is 0 Å². The zero-order valence-electron chi connectivity index (χ0n) is 11.8. The second kappa shape index (κ2) is 6.78. The first kappa shape index (κ1) is 14.2. The Balaban J connectivity index is 2.02. The molecule has 3 nitrogen and oxygen atoms in total. The van der Waals surface area contributed by atoms with Crippen LogP contribution in [0.4, 0.5) is 0 Å². The topological polar surface area (TPSA) is 29.9 Å². The third-order valence-corrected chi connectivity index (χ3v) is 4.29. The zero-order valence-corrected chi connectivity index (χ0v) is 12.6. The molecule has 0 saturated heterocycles. The molecule has 0 saturated carbocycles. The van der Waals surface area contributed by atoms with Gasteiger partial charge in [0, 0.05) is 29.6 Å². The molecule has 0 bridgehead atoms. The molecule has 19 heavy (non-hydrogen) atoms. The molecule has 0 spiro atoms. The van der Waals surface area contributed by atoms with Crippen LogP contribution in [-0.4, -0.2) is 22.4 Å². The highest BCUT2D eigenvalue weighted by Crippen LogP contribution is 2.24. The molecule has 1 N–H and O–H groups in total. The number of aryl methyl sites for hydroxylation is 2. The Morgan fingerprint density at radius 1 is 1.32 bits per heavy atom. The van der Waals surface area contributed by atoms with Gasteiger partial charge in [0.1, 0.15) is 5.82 Å². The highest BCUT2D eigenvalue weighted by atomic mass is 32.2. The molecule has 0 radical (unpaired) electrons. The highest BCUT2D eigenvalue weighted by Gasteiger charge is 2.14. The summed E-state index contributed by atoms with van der Waals surface area (Å²) in [5, 5.41) is 3.36. The van der Waals surface area contributed by atoms with Crippen LogP contribution < -0.4 is 5.32 Å². The smallest absolute Gasteiger partial charge is 0.126 e. The minimum Gasteiger partial charge on any atom is -0.334 e. The van der Waals surface area contributed by atoms with Gasteiger partial charge >= 0.3 is 0 Å². The van der Waals surface area contributed by atoms with Gasteiger partial charge in [-0.15, -0.1) is 11.8 Å². The van der Waals surface area contributed by atoms with Gasteiger partial charge in [-0.3, -0.25) is 0 Å². The van der Waals surface area contributed by atoms with Gasteiger partial charge in [0.2, 0.25) is 0 Å². The largest absolute Gasteiger partial charge is 0.334 e. The summed E-state index contributed by atoms with van der Waals surface area (Å²) in [7, 11) is 2.00. The van der Waals surface area contributed by atoms with Crippen molar-refractivity contribution in [3.63, 3.8) is 0 Å². The van der Waals surface area contributed by atoms with Crippen LogP contribution in [-0.2, 0) is 6.54 Å². The summed E-state index contributed by atoms with van der Waals surface area (Å²) in [4.78, 5) is 5.78. The lowest BCUT2D eigenvalue weighted by Crippen LogP contribution is -2.22. The monoisotopic (exact) mass is 275 g/mol. The summed E-state index contributed by atoms with van der Waals surface area (Å²) in [6.07, 6.45) is 3.91. The normalized spacial score (nSPS) is 12.6. The van der Waals surface area contributed by atoms with Crippen molar-refractivity contribution in [2.75, 3.05) is 12.8 Å². The minimum absolute atomic E-state index is 0.279. The molecule has 2 rings (SSSR count). The molecule has 0 aliphatic rings. The van der Waals surface area contributed by atoms with Gasteiger partial charge in [-0.2, -0.15) is 0 Å². The first-order valence-corrected chi connectivity index (χ1v) is 7.61.